The van der Waals surface area contributed by atoms with Gasteiger partial charge in [-0.15, -0.1) is 11.3 Å². The number of aromatic nitrogens is 1. The molecule has 0 spiro atoms. The molecule has 0 amide bonds. The van der Waals surface area contributed by atoms with Crippen LogP contribution in [0.15, 0.2) is 17.5 Å². The SMILES string of the molecule is CCOc1cc(Cl)c2ccsc2n1. The first-order valence-electron chi connectivity index (χ1n) is 3.98. The van der Waals surface area contributed by atoms with Crippen LogP contribution in [-0.4, -0.2) is 11.6 Å². The van der Waals surface area contributed by atoms with Crippen LogP contribution in [0, 0.1) is 0 Å². The average Bonchev–Trinajstić information content (AvgIpc) is 2.53. The summed E-state index contributed by atoms with van der Waals surface area (Å²) >= 11 is 7.59. The highest BCUT2D eigenvalue weighted by Gasteiger charge is 2.04. The molecular formula is C9H8ClNOS. The van der Waals surface area contributed by atoms with E-state index in [1.165, 1.54) is 0 Å². The second-order valence-corrected chi connectivity index (χ2v) is 3.82. The maximum atomic E-state index is 6.03. The molecule has 0 unspecified atom stereocenters. The lowest BCUT2D eigenvalue weighted by atomic mass is 10.3. The minimum absolute atomic E-state index is 0.599. The van der Waals surface area contributed by atoms with E-state index in [0.29, 0.717) is 17.5 Å². The Balaban J connectivity index is 2.56. The van der Waals surface area contributed by atoms with E-state index in [9.17, 15) is 0 Å². The van der Waals surface area contributed by atoms with Crippen LogP contribution in [0.5, 0.6) is 5.88 Å². The van der Waals surface area contributed by atoms with Gasteiger partial charge >= 0.3 is 0 Å². The lowest BCUT2D eigenvalue weighted by molar-refractivity contribution is 0.328. The molecule has 2 rings (SSSR count). The van der Waals surface area contributed by atoms with Gasteiger partial charge in [-0.2, -0.15) is 0 Å². The number of halogens is 1. The number of pyridine rings is 1. The second kappa shape index (κ2) is 3.52. The van der Waals surface area contributed by atoms with E-state index in [-0.39, 0.29) is 0 Å². The van der Waals surface area contributed by atoms with Gasteiger partial charge in [-0.1, -0.05) is 11.6 Å². The fourth-order valence-corrected chi connectivity index (χ4v) is 2.19. The van der Waals surface area contributed by atoms with Gasteiger partial charge in [0.25, 0.3) is 0 Å². The molecule has 13 heavy (non-hydrogen) atoms. The van der Waals surface area contributed by atoms with Gasteiger partial charge in [-0.25, -0.2) is 4.98 Å². The molecule has 2 heterocycles. The van der Waals surface area contributed by atoms with Crippen LogP contribution in [0.3, 0.4) is 0 Å². The first kappa shape index (κ1) is 8.78. The number of hydrogen-bond donors (Lipinski definition) is 0. The molecule has 0 saturated carbocycles. The lowest BCUT2D eigenvalue weighted by Gasteiger charge is -2.02. The molecule has 2 aromatic heterocycles. The summed E-state index contributed by atoms with van der Waals surface area (Å²) in [6.45, 7) is 2.54. The topological polar surface area (TPSA) is 22.1 Å². The molecule has 2 aromatic rings. The average molecular weight is 214 g/mol. The standard InChI is InChI=1S/C9H8ClNOS/c1-2-12-8-5-7(10)6-3-4-13-9(6)11-8/h3-5H,2H2,1H3. The maximum absolute atomic E-state index is 6.03. The van der Waals surface area contributed by atoms with Gasteiger partial charge in [-0.05, 0) is 18.4 Å². The van der Waals surface area contributed by atoms with Crippen molar-refractivity contribution in [1.29, 1.82) is 0 Å². The Labute approximate surface area is 85.1 Å². The normalized spacial score (nSPS) is 10.6. The number of thiophene rings is 1. The van der Waals surface area contributed by atoms with Crippen LogP contribution < -0.4 is 4.74 Å². The first-order valence-corrected chi connectivity index (χ1v) is 5.23. The van der Waals surface area contributed by atoms with Crippen molar-refractivity contribution >= 4 is 33.2 Å². The maximum Gasteiger partial charge on any atom is 0.216 e. The van der Waals surface area contributed by atoms with Crippen LogP contribution in [0.25, 0.3) is 10.2 Å². The number of fused-ring (bicyclic) bond motifs is 1. The first-order chi connectivity index (χ1) is 6.31. The van der Waals surface area contributed by atoms with E-state index < -0.39 is 0 Å². The minimum Gasteiger partial charge on any atom is -0.478 e. The highest BCUT2D eigenvalue weighted by molar-refractivity contribution is 7.16. The van der Waals surface area contributed by atoms with Crippen LogP contribution in [0.2, 0.25) is 5.02 Å². The van der Waals surface area contributed by atoms with E-state index in [2.05, 4.69) is 4.98 Å². The second-order valence-electron chi connectivity index (χ2n) is 2.51. The predicted octanol–water partition coefficient (Wildman–Crippen LogP) is 3.35. The Morgan fingerprint density at radius 2 is 2.46 bits per heavy atom. The van der Waals surface area contributed by atoms with E-state index >= 15 is 0 Å². The molecule has 0 N–H and O–H groups in total. The highest BCUT2D eigenvalue weighted by Crippen LogP contribution is 2.29. The summed E-state index contributed by atoms with van der Waals surface area (Å²) in [6.07, 6.45) is 0. The lowest BCUT2D eigenvalue weighted by Crippen LogP contribution is -1.93. The summed E-state index contributed by atoms with van der Waals surface area (Å²) < 4.78 is 5.28. The van der Waals surface area contributed by atoms with E-state index in [1.807, 2.05) is 18.4 Å². The quantitative estimate of drug-likeness (QED) is 0.763. The number of hydrogen-bond acceptors (Lipinski definition) is 3. The van der Waals surface area contributed by atoms with Crippen molar-refractivity contribution in [3.8, 4) is 5.88 Å². The third-order valence-electron chi connectivity index (χ3n) is 1.66. The van der Waals surface area contributed by atoms with Crippen molar-refractivity contribution < 1.29 is 4.74 Å². The summed E-state index contributed by atoms with van der Waals surface area (Å²) in [7, 11) is 0. The molecular weight excluding hydrogens is 206 g/mol. The molecule has 4 heteroatoms. The molecule has 0 bridgehead atoms. The van der Waals surface area contributed by atoms with Crippen molar-refractivity contribution in [2.75, 3.05) is 6.61 Å². The summed E-state index contributed by atoms with van der Waals surface area (Å²) in [4.78, 5) is 5.22. The molecule has 0 saturated heterocycles. The largest absolute Gasteiger partial charge is 0.478 e. The van der Waals surface area contributed by atoms with Crippen LogP contribution >= 0.6 is 22.9 Å². The highest BCUT2D eigenvalue weighted by atomic mass is 35.5. The van der Waals surface area contributed by atoms with Gasteiger partial charge in [0, 0.05) is 11.5 Å². The van der Waals surface area contributed by atoms with Gasteiger partial charge in [0.15, 0.2) is 0 Å². The molecule has 0 aromatic carbocycles. The molecule has 0 fully saturated rings. The summed E-state index contributed by atoms with van der Waals surface area (Å²) in [5.41, 5.74) is 0. The fourth-order valence-electron chi connectivity index (χ4n) is 1.11. The molecule has 0 aliphatic carbocycles. The number of nitrogens with zero attached hydrogens (tertiary/aromatic N) is 1. The Hall–Kier alpha value is -0.800. The smallest absolute Gasteiger partial charge is 0.216 e. The van der Waals surface area contributed by atoms with Crippen molar-refractivity contribution in [2.24, 2.45) is 0 Å². The molecule has 0 radical (unpaired) electrons. The third kappa shape index (κ3) is 1.62. The predicted molar refractivity (Wildman–Crippen MR) is 55.8 cm³/mol. The van der Waals surface area contributed by atoms with Gasteiger partial charge in [0.2, 0.25) is 5.88 Å². The fraction of sp³-hybridized carbons (Fsp3) is 0.222. The van der Waals surface area contributed by atoms with Crippen LogP contribution in [-0.2, 0) is 0 Å². The van der Waals surface area contributed by atoms with Gasteiger partial charge in [0.05, 0.1) is 11.6 Å². The van der Waals surface area contributed by atoms with Gasteiger partial charge < -0.3 is 4.74 Å². The minimum atomic E-state index is 0.599. The van der Waals surface area contributed by atoms with E-state index in [4.69, 9.17) is 16.3 Å². The van der Waals surface area contributed by atoms with Crippen molar-refractivity contribution in [2.45, 2.75) is 6.92 Å². The zero-order valence-corrected chi connectivity index (χ0v) is 8.65. The molecule has 2 nitrogen and oxygen atoms in total. The molecule has 0 aliphatic heterocycles. The summed E-state index contributed by atoms with van der Waals surface area (Å²) in [6, 6.07) is 3.71. The Morgan fingerprint density at radius 3 is 3.23 bits per heavy atom. The Bertz CT molecular complexity index is 426. The van der Waals surface area contributed by atoms with Crippen molar-refractivity contribution in [3.05, 3.63) is 22.5 Å². The number of rotatable bonds is 2. The summed E-state index contributed by atoms with van der Waals surface area (Å²) in [5, 5.41) is 3.67. The van der Waals surface area contributed by atoms with Crippen molar-refractivity contribution in [3.63, 3.8) is 0 Å². The van der Waals surface area contributed by atoms with Crippen LogP contribution in [0.1, 0.15) is 6.92 Å². The van der Waals surface area contributed by atoms with Crippen LogP contribution in [0.4, 0.5) is 0 Å². The molecule has 68 valence electrons. The van der Waals surface area contributed by atoms with Crippen molar-refractivity contribution in [1.82, 2.24) is 4.98 Å². The number of ether oxygens (including phenoxy) is 1. The summed E-state index contributed by atoms with van der Waals surface area (Å²) in [5.74, 6) is 0.599. The monoisotopic (exact) mass is 213 g/mol. The Kier molecular flexibility index (Phi) is 2.38. The zero-order chi connectivity index (χ0) is 9.26. The van der Waals surface area contributed by atoms with E-state index in [0.717, 1.165) is 10.2 Å². The third-order valence-corrected chi connectivity index (χ3v) is 2.78. The van der Waals surface area contributed by atoms with Gasteiger partial charge in [0.1, 0.15) is 4.83 Å². The zero-order valence-electron chi connectivity index (χ0n) is 7.08. The van der Waals surface area contributed by atoms with Gasteiger partial charge in [-0.3, -0.25) is 0 Å². The molecule has 0 aliphatic rings. The Morgan fingerprint density at radius 1 is 1.62 bits per heavy atom. The molecule has 0 atom stereocenters. The van der Waals surface area contributed by atoms with E-state index in [1.54, 1.807) is 17.4 Å².